The average Bonchev–Trinajstić information content (AvgIpc) is 2.46. The molecule has 1 atom stereocenters. The van der Waals surface area contributed by atoms with Crippen LogP contribution >= 0.6 is 0 Å². The van der Waals surface area contributed by atoms with Crippen molar-refractivity contribution in [2.24, 2.45) is 5.92 Å². The topological polar surface area (TPSA) is 63.7 Å². The minimum absolute atomic E-state index is 0.00444. The number of benzene rings is 1. The maximum atomic E-state index is 13.0. The van der Waals surface area contributed by atoms with Crippen molar-refractivity contribution in [1.29, 1.82) is 0 Å². The molecule has 0 bridgehead atoms. The molecule has 1 heterocycles. The number of rotatable bonds is 5. The van der Waals surface area contributed by atoms with E-state index in [1.165, 1.54) is 17.0 Å². The van der Waals surface area contributed by atoms with Gasteiger partial charge in [0, 0.05) is 6.54 Å². The summed E-state index contributed by atoms with van der Waals surface area (Å²) in [5.74, 6) is -1.21. The van der Waals surface area contributed by atoms with E-state index in [1.807, 2.05) is 0 Å². The first-order valence-corrected chi connectivity index (χ1v) is 9.44. The van der Waals surface area contributed by atoms with Crippen LogP contribution in [0.25, 0.3) is 0 Å². The van der Waals surface area contributed by atoms with Crippen LogP contribution in [0.15, 0.2) is 24.3 Å². The van der Waals surface area contributed by atoms with Gasteiger partial charge < -0.3 is 9.64 Å². The highest BCUT2D eigenvalue weighted by Gasteiger charge is 2.28. The van der Waals surface area contributed by atoms with E-state index < -0.39 is 21.5 Å². The van der Waals surface area contributed by atoms with Crippen molar-refractivity contribution in [1.82, 2.24) is 4.90 Å². The van der Waals surface area contributed by atoms with Crippen molar-refractivity contribution >= 4 is 15.7 Å². The smallest absolute Gasteiger partial charge is 0.237 e. The summed E-state index contributed by atoms with van der Waals surface area (Å²) in [5.41, 5.74) is 0.772. The van der Waals surface area contributed by atoms with Gasteiger partial charge in [0.05, 0.1) is 18.9 Å². The van der Waals surface area contributed by atoms with Crippen LogP contribution in [0.4, 0.5) is 4.39 Å². The second kappa shape index (κ2) is 7.40. The molecule has 0 radical (unpaired) electrons. The van der Waals surface area contributed by atoms with Gasteiger partial charge >= 0.3 is 0 Å². The first-order valence-electron chi connectivity index (χ1n) is 7.62. The predicted molar refractivity (Wildman–Crippen MR) is 85.2 cm³/mol. The van der Waals surface area contributed by atoms with Gasteiger partial charge in [0.2, 0.25) is 5.91 Å². The van der Waals surface area contributed by atoms with Crippen LogP contribution in [0.2, 0.25) is 0 Å². The zero-order valence-corrected chi connectivity index (χ0v) is 14.2. The number of hydrogen-bond acceptors (Lipinski definition) is 4. The maximum absolute atomic E-state index is 13.0. The molecular weight excluding hydrogens is 321 g/mol. The maximum Gasteiger partial charge on any atom is 0.237 e. The fraction of sp³-hybridized carbons (Fsp3) is 0.562. The van der Waals surface area contributed by atoms with Crippen LogP contribution < -0.4 is 0 Å². The molecule has 1 fully saturated rings. The fourth-order valence-electron chi connectivity index (χ4n) is 2.60. The van der Waals surface area contributed by atoms with Crippen LogP contribution in [-0.2, 0) is 19.4 Å². The van der Waals surface area contributed by atoms with Gasteiger partial charge in [-0.3, -0.25) is 4.79 Å². The van der Waals surface area contributed by atoms with E-state index in [0.717, 1.165) is 5.56 Å². The fourth-order valence-corrected chi connectivity index (χ4v) is 4.29. The lowest BCUT2D eigenvalue weighted by Crippen LogP contribution is -2.45. The summed E-state index contributed by atoms with van der Waals surface area (Å²) in [4.78, 5) is 13.8. The molecule has 1 aromatic rings. The molecule has 1 aliphatic rings. The summed E-state index contributed by atoms with van der Waals surface area (Å²) in [6.45, 7) is 4.59. The van der Waals surface area contributed by atoms with Crippen molar-refractivity contribution in [2.45, 2.75) is 20.0 Å². The number of nitrogens with zero attached hydrogens (tertiary/aromatic N) is 1. The molecule has 0 aromatic heterocycles. The number of amides is 1. The van der Waals surface area contributed by atoms with Gasteiger partial charge in [0.1, 0.15) is 17.7 Å². The highest BCUT2D eigenvalue weighted by Crippen LogP contribution is 2.22. The molecule has 0 N–H and O–H groups in total. The standard InChI is InChI=1S/C16H22FNO4S/c1-12(2)10-23(20,21)11-16(19)18-7-8-22-15(9-18)13-3-5-14(17)6-4-13/h3-6,12,15H,7-11H2,1-2H3/t15-/m0/s1. The molecule has 5 nitrogen and oxygen atoms in total. The number of sulfone groups is 1. The van der Waals surface area contributed by atoms with E-state index in [4.69, 9.17) is 4.74 Å². The summed E-state index contributed by atoms with van der Waals surface area (Å²) < 4.78 is 42.5. The Hall–Kier alpha value is -1.47. The highest BCUT2D eigenvalue weighted by atomic mass is 32.2. The Balaban J connectivity index is 2.00. The normalized spacial score (nSPS) is 19.1. The van der Waals surface area contributed by atoms with Gasteiger partial charge in [0.25, 0.3) is 0 Å². The molecule has 0 aliphatic carbocycles. The second-order valence-corrected chi connectivity index (χ2v) is 8.31. The number of carbonyl (C=O) groups is 1. The number of morpholine rings is 1. The van der Waals surface area contributed by atoms with Gasteiger partial charge in [-0.1, -0.05) is 26.0 Å². The summed E-state index contributed by atoms with van der Waals surface area (Å²) >= 11 is 0. The summed E-state index contributed by atoms with van der Waals surface area (Å²) in [7, 11) is -3.40. The lowest BCUT2D eigenvalue weighted by Gasteiger charge is -2.33. The Kier molecular flexibility index (Phi) is 5.75. The van der Waals surface area contributed by atoms with E-state index >= 15 is 0 Å². The SMILES string of the molecule is CC(C)CS(=O)(=O)CC(=O)N1CCO[C@H](c2ccc(F)cc2)C1. The second-order valence-electron chi connectivity index (χ2n) is 6.20. The van der Waals surface area contributed by atoms with Crippen LogP contribution in [0.1, 0.15) is 25.5 Å². The Morgan fingerprint density at radius 1 is 1.35 bits per heavy atom. The molecule has 1 saturated heterocycles. The van der Waals surface area contributed by atoms with E-state index in [0.29, 0.717) is 13.2 Å². The molecule has 0 spiro atoms. The molecule has 1 aliphatic heterocycles. The summed E-state index contributed by atoms with van der Waals surface area (Å²) in [6.07, 6.45) is -0.360. The van der Waals surface area contributed by atoms with E-state index in [1.54, 1.807) is 26.0 Å². The predicted octanol–water partition coefficient (Wildman–Crippen LogP) is 1.80. The number of hydrogen-bond donors (Lipinski definition) is 0. The Labute approximate surface area is 136 Å². The van der Waals surface area contributed by atoms with Gasteiger partial charge in [-0.2, -0.15) is 0 Å². The van der Waals surface area contributed by atoms with Crippen LogP contribution in [0.3, 0.4) is 0 Å². The molecule has 1 aromatic carbocycles. The van der Waals surface area contributed by atoms with Crippen molar-refractivity contribution < 1.29 is 22.3 Å². The molecule has 0 unspecified atom stereocenters. The van der Waals surface area contributed by atoms with Gasteiger partial charge in [-0.15, -0.1) is 0 Å². The molecule has 0 saturated carbocycles. The molecule has 7 heteroatoms. The quantitative estimate of drug-likeness (QED) is 0.818. The monoisotopic (exact) mass is 343 g/mol. The van der Waals surface area contributed by atoms with Crippen molar-refractivity contribution in [3.05, 3.63) is 35.6 Å². The molecule has 1 amide bonds. The first-order chi connectivity index (χ1) is 10.8. The average molecular weight is 343 g/mol. The third-order valence-electron chi connectivity index (χ3n) is 3.59. The van der Waals surface area contributed by atoms with Crippen molar-refractivity contribution in [3.8, 4) is 0 Å². The molecule has 2 rings (SSSR count). The van der Waals surface area contributed by atoms with E-state index in [-0.39, 0.29) is 30.1 Å². The van der Waals surface area contributed by atoms with E-state index in [9.17, 15) is 17.6 Å². The Morgan fingerprint density at radius 3 is 2.61 bits per heavy atom. The molecule has 23 heavy (non-hydrogen) atoms. The lowest BCUT2D eigenvalue weighted by atomic mass is 10.1. The first kappa shape index (κ1) is 17.9. The van der Waals surface area contributed by atoms with Crippen LogP contribution in [0, 0.1) is 11.7 Å². The van der Waals surface area contributed by atoms with E-state index in [2.05, 4.69) is 0 Å². The van der Waals surface area contributed by atoms with Crippen molar-refractivity contribution in [2.75, 3.05) is 31.2 Å². The van der Waals surface area contributed by atoms with Gasteiger partial charge in [-0.05, 0) is 23.6 Å². The largest absolute Gasteiger partial charge is 0.370 e. The minimum Gasteiger partial charge on any atom is -0.370 e. The number of carbonyl (C=O) groups excluding carboxylic acids is 1. The zero-order valence-electron chi connectivity index (χ0n) is 13.4. The summed E-state index contributed by atoms with van der Waals surface area (Å²) in [6, 6.07) is 5.91. The summed E-state index contributed by atoms with van der Waals surface area (Å²) in [5, 5.41) is 0. The third-order valence-corrected chi connectivity index (χ3v) is 5.45. The molecule has 128 valence electrons. The van der Waals surface area contributed by atoms with Gasteiger partial charge in [0.15, 0.2) is 9.84 Å². The lowest BCUT2D eigenvalue weighted by molar-refractivity contribution is -0.136. The number of ether oxygens (including phenoxy) is 1. The van der Waals surface area contributed by atoms with Crippen molar-refractivity contribution in [3.63, 3.8) is 0 Å². The highest BCUT2D eigenvalue weighted by molar-refractivity contribution is 7.92. The molecular formula is C16H22FNO4S. The van der Waals surface area contributed by atoms with Gasteiger partial charge in [-0.25, -0.2) is 12.8 Å². The Bertz CT molecular complexity index is 643. The third kappa shape index (κ3) is 5.28. The zero-order chi connectivity index (χ0) is 17.0. The van der Waals surface area contributed by atoms with Crippen LogP contribution in [0.5, 0.6) is 0 Å². The minimum atomic E-state index is -3.40. The number of halogens is 1. The Morgan fingerprint density at radius 2 is 2.00 bits per heavy atom. The van der Waals surface area contributed by atoms with Crippen LogP contribution in [-0.4, -0.2) is 50.4 Å².